The molecule has 1 fully saturated rings. The van der Waals surface area contributed by atoms with Crippen LogP contribution in [0.4, 0.5) is 0 Å². The summed E-state index contributed by atoms with van der Waals surface area (Å²) in [5.41, 5.74) is 0.841. The van der Waals surface area contributed by atoms with E-state index in [9.17, 15) is 15.3 Å². The first-order chi connectivity index (χ1) is 10.9. The molecule has 1 aromatic heterocycles. The van der Waals surface area contributed by atoms with Crippen LogP contribution < -0.4 is 4.74 Å². The number of para-hydroxylation sites is 1. The Kier molecular flexibility index (Phi) is 4.84. The second kappa shape index (κ2) is 6.56. The number of aromatic nitrogens is 1. The van der Waals surface area contributed by atoms with Crippen LogP contribution in [0.2, 0.25) is 0 Å². The van der Waals surface area contributed by atoms with Gasteiger partial charge in [-0.2, -0.15) is 0 Å². The predicted molar refractivity (Wildman–Crippen MR) is 85.3 cm³/mol. The molecule has 9 heteroatoms. The zero-order chi connectivity index (χ0) is 16.6. The van der Waals surface area contributed by atoms with E-state index in [1.165, 1.54) is 0 Å². The fourth-order valence-corrected chi connectivity index (χ4v) is 3.38. The van der Waals surface area contributed by atoms with Crippen molar-refractivity contribution in [3.8, 4) is 5.88 Å². The minimum absolute atomic E-state index is 0.272. The van der Waals surface area contributed by atoms with Crippen LogP contribution in [0.15, 0.2) is 30.3 Å². The summed E-state index contributed by atoms with van der Waals surface area (Å²) in [6, 6.07) is 9.23. The summed E-state index contributed by atoms with van der Waals surface area (Å²) >= 11 is 8.36. The minimum Gasteiger partial charge on any atom is -0.470 e. The van der Waals surface area contributed by atoms with E-state index in [2.05, 4.69) is 25.2 Å². The van der Waals surface area contributed by atoms with E-state index in [4.69, 9.17) is 21.3 Å². The summed E-state index contributed by atoms with van der Waals surface area (Å²) in [5, 5.41) is 31.3. The van der Waals surface area contributed by atoms with Crippen molar-refractivity contribution in [1.29, 1.82) is 0 Å². The standard InChI is InChI=1S/C14H15BrClNO6/c15-14(6-21-16)12(19)11(10(18)13(20)23-14)22-9-5-7-3-1-2-4-8(7)17-9/h1-5,10-13,17-20H,6H2/t10-,11-,12-,13?,14-/m1/s1. The van der Waals surface area contributed by atoms with Crippen molar-refractivity contribution < 1.29 is 29.1 Å². The number of hydrogen-bond acceptors (Lipinski definition) is 6. The highest BCUT2D eigenvalue weighted by Gasteiger charge is 2.54. The van der Waals surface area contributed by atoms with Gasteiger partial charge >= 0.3 is 0 Å². The smallest absolute Gasteiger partial charge is 0.192 e. The highest BCUT2D eigenvalue weighted by Crippen LogP contribution is 2.37. The average molecular weight is 409 g/mol. The van der Waals surface area contributed by atoms with Gasteiger partial charge in [0.15, 0.2) is 22.8 Å². The zero-order valence-corrected chi connectivity index (χ0v) is 14.1. The number of aromatic amines is 1. The molecular weight excluding hydrogens is 394 g/mol. The molecule has 1 unspecified atom stereocenters. The lowest BCUT2D eigenvalue weighted by molar-refractivity contribution is -0.290. The first-order valence-corrected chi connectivity index (χ1v) is 7.93. The van der Waals surface area contributed by atoms with E-state index < -0.39 is 29.1 Å². The molecule has 0 saturated carbocycles. The number of nitrogens with one attached hydrogen (secondary N) is 1. The van der Waals surface area contributed by atoms with Gasteiger partial charge in [0, 0.05) is 17.0 Å². The van der Waals surface area contributed by atoms with Crippen molar-refractivity contribution in [1.82, 2.24) is 4.98 Å². The van der Waals surface area contributed by atoms with Crippen LogP contribution in [0.3, 0.4) is 0 Å². The molecule has 2 heterocycles. The molecule has 23 heavy (non-hydrogen) atoms. The lowest BCUT2D eigenvalue weighted by Gasteiger charge is -2.44. The van der Waals surface area contributed by atoms with Gasteiger partial charge in [0.25, 0.3) is 0 Å². The SMILES string of the molecule is OC1O[C@](Br)(COCl)[C@H](O)[C@H](Oc2cc3ccccc3[nH]2)[C@H]1O. The quantitative estimate of drug-likeness (QED) is 0.568. The maximum absolute atomic E-state index is 10.4. The van der Waals surface area contributed by atoms with E-state index in [0.717, 1.165) is 10.9 Å². The number of hydrogen-bond donors (Lipinski definition) is 4. The molecule has 0 amide bonds. The van der Waals surface area contributed by atoms with Crippen molar-refractivity contribution in [3.63, 3.8) is 0 Å². The third-order valence-electron chi connectivity index (χ3n) is 3.72. The Balaban J connectivity index is 1.86. The molecule has 0 spiro atoms. The van der Waals surface area contributed by atoms with Crippen LogP contribution in [0.25, 0.3) is 10.9 Å². The molecule has 1 aliphatic heterocycles. The van der Waals surface area contributed by atoms with Gasteiger partial charge in [0.1, 0.15) is 18.8 Å². The van der Waals surface area contributed by atoms with Gasteiger partial charge in [-0.05, 0) is 22.0 Å². The maximum atomic E-state index is 10.4. The number of fused-ring (bicyclic) bond motifs is 1. The number of H-pyrrole nitrogens is 1. The van der Waals surface area contributed by atoms with Crippen LogP contribution in [-0.4, -0.2) is 56.0 Å². The highest BCUT2D eigenvalue weighted by atomic mass is 79.9. The first kappa shape index (κ1) is 17.0. The van der Waals surface area contributed by atoms with E-state index >= 15 is 0 Å². The largest absolute Gasteiger partial charge is 0.470 e. The topological polar surface area (TPSA) is 104 Å². The number of benzene rings is 1. The van der Waals surface area contributed by atoms with Gasteiger partial charge in [-0.3, -0.25) is 4.29 Å². The molecule has 2 aromatic rings. The number of aliphatic hydroxyl groups is 3. The van der Waals surface area contributed by atoms with E-state index in [-0.39, 0.29) is 6.61 Å². The third kappa shape index (κ3) is 3.20. The summed E-state index contributed by atoms with van der Waals surface area (Å²) < 4.78 is 13.8. The minimum atomic E-state index is -1.58. The molecule has 1 aliphatic rings. The molecule has 1 saturated heterocycles. The molecule has 1 aromatic carbocycles. The average Bonchev–Trinajstić information content (AvgIpc) is 2.92. The number of rotatable bonds is 4. The lowest BCUT2D eigenvalue weighted by atomic mass is 9.99. The van der Waals surface area contributed by atoms with Crippen LogP contribution in [-0.2, 0) is 9.03 Å². The van der Waals surface area contributed by atoms with E-state index in [0.29, 0.717) is 5.88 Å². The van der Waals surface area contributed by atoms with Gasteiger partial charge in [0.2, 0.25) is 0 Å². The van der Waals surface area contributed by atoms with Gasteiger partial charge in [-0.15, -0.1) is 0 Å². The van der Waals surface area contributed by atoms with E-state index in [1.807, 2.05) is 24.3 Å². The Hall–Kier alpha value is -0.870. The number of aliphatic hydroxyl groups excluding tert-OH is 3. The first-order valence-electron chi connectivity index (χ1n) is 6.83. The highest BCUT2D eigenvalue weighted by molar-refractivity contribution is 9.10. The Morgan fingerprint density at radius 2 is 2.04 bits per heavy atom. The third-order valence-corrected chi connectivity index (χ3v) is 4.71. The summed E-state index contributed by atoms with van der Waals surface area (Å²) in [7, 11) is 0. The summed E-state index contributed by atoms with van der Waals surface area (Å²) in [6.45, 7) is -0.272. The van der Waals surface area contributed by atoms with Gasteiger partial charge in [-0.1, -0.05) is 18.2 Å². The van der Waals surface area contributed by atoms with Crippen molar-refractivity contribution in [2.24, 2.45) is 0 Å². The molecule has 3 rings (SSSR count). The molecule has 126 valence electrons. The summed E-state index contributed by atoms with van der Waals surface area (Å²) in [6.07, 6.45) is -5.57. The second-order valence-electron chi connectivity index (χ2n) is 5.29. The molecule has 0 aliphatic carbocycles. The van der Waals surface area contributed by atoms with Crippen LogP contribution in [0, 0.1) is 0 Å². The predicted octanol–water partition coefficient (Wildman–Crippen LogP) is 1.25. The molecule has 0 radical (unpaired) electrons. The van der Waals surface area contributed by atoms with Crippen molar-refractivity contribution >= 4 is 38.7 Å². The van der Waals surface area contributed by atoms with Crippen LogP contribution >= 0.6 is 27.8 Å². The molecular formula is C14H15BrClNO6. The fourth-order valence-electron chi connectivity index (χ4n) is 2.52. The number of halogens is 2. The Bertz CT molecular complexity index is 651. The Labute approximate surface area is 145 Å². The van der Waals surface area contributed by atoms with E-state index in [1.54, 1.807) is 6.07 Å². The molecule has 4 N–H and O–H groups in total. The number of ether oxygens (including phenoxy) is 2. The van der Waals surface area contributed by atoms with Gasteiger partial charge in [-0.25, -0.2) is 0 Å². The Morgan fingerprint density at radius 3 is 2.74 bits per heavy atom. The normalized spacial score (nSPS) is 34.7. The van der Waals surface area contributed by atoms with Crippen molar-refractivity contribution in [2.75, 3.05) is 6.61 Å². The fraction of sp³-hybridized carbons (Fsp3) is 0.429. The maximum Gasteiger partial charge on any atom is 0.192 e. The monoisotopic (exact) mass is 407 g/mol. The van der Waals surface area contributed by atoms with Crippen LogP contribution in [0.5, 0.6) is 5.88 Å². The van der Waals surface area contributed by atoms with Gasteiger partial charge < -0.3 is 29.8 Å². The molecule has 0 bridgehead atoms. The van der Waals surface area contributed by atoms with Crippen molar-refractivity contribution in [2.45, 2.75) is 29.1 Å². The van der Waals surface area contributed by atoms with Crippen molar-refractivity contribution in [3.05, 3.63) is 30.3 Å². The second-order valence-corrected chi connectivity index (χ2v) is 6.85. The lowest BCUT2D eigenvalue weighted by Crippen LogP contribution is -2.65. The summed E-state index contributed by atoms with van der Waals surface area (Å²) in [4.78, 5) is 3.02. The van der Waals surface area contributed by atoms with Crippen LogP contribution in [0.1, 0.15) is 0 Å². The number of alkyl halides is 1. The van der Waals surface area contributed by atoms with Gasteiger partial charge in [0.05, 0.1) is 11.9 Å². The summed E-state index contributed by atoms with van der Waals surface area (Å²) in [5.74, 6) is 0.338. The molecule has 5 atom stereocenters. The Morgan fingerprint density at radius 1 is 1.30 bits per heavy atom. The molecule has 7 nitrogen and oxygen atoms in total. The zero-order valence-electron chi connectivity index (χ0n) is 11.7.